The minimum atomic E-state index is -0.475. The van der Waals surface area contributed by atoms with Gasteiger partial charge in [-0.25, -0.2) is 0 Å². The first-order chi connectivity index (χ1) is 8.65. The van der Waals surface area contributed by atoms with Gasteiger partial charge in [0.05, 0.1) is 5.69 Å². The summed E-state index contributed by atoms with van der Waals surface area (Å²) in [7, 11) is 0. The third kappa shape index (κ3) is 3.42. The normalized spacial score (nSPS) is 24.3. The lowest BCUT2D eigenvalue weighted by Gasteiger charge is -2.16. The van der Waals surface area contributed by atoms with E-state index in [4.69, 9.17) is 0 Å². The predicted molar refractivity (Wildman–Crippen MR) is 70.6 cm³/mol. The molecule has 5 nitrogen and oxygen atoms in total. The van der Waals surface area contributed by atoms with Crippen molar-refractivity contribution >= 4 is 11.5 Å². The second-order valence-corrected chi connectivity index (χ2v) is 5.12. The van der Waals surface area contributed by atoms with Gasteiger partial charge in [-0.05, 0) is 41.2 Å². The Morgan fingerprint density at radius 2 is 2.17 bits per heavy atom. The average Bonchev–Trinajstić information content (AvgIpc) is 2.55. The molecular weight excluding hydrogens is 230 g/mol. The van der Waals surface area contributed by atoms with E-state index in [9.17, 15) is 10.1 Å². The van der Waals surface area contributed by atoms with Crippen LogP contribution in [-0.2, 0) is 0 Å². The number of nitrogens with zero attached hydrogens (tertiary/aromatic N) is 2. The molecule has 0 bridgehead atoms. The minimum Gasteiger partial charge on any atom is -0.379 e. The monoisotopic (exact) mass is 249 g/mol. The van der Waals surface area contributed by atoms with E-state index in [-0.39, 0.29) is 5.82 Å². The molecule has 18 heavy (non-hydrogen) atoms. The summed E-state index contributed by atoms with van der Waals surface area (Å²) >= 11 is 0. The molecule has 1 fully saturated rings. The first-order valence-corrected chi connectivity index (χ1v) is 6.52. The van der Waals surface area contributed by atoms with Crippen LogP contribution < -0.4 is 5.32 Å². The fourth-order valence-corrected chi connectivity index (χ4v) is 2.45. The first-order valence-electron chi connectivity index (χ1n) is 6.52. The summed E-state index contributed by atoms with van der Waals surface area (Å²) in [5.74, 6) is 0.710. The van der Waals surface area contributed by atoms with Crippen LogP contribution in [0.15, 0.2) is 18.3 Å². The fraction of sp³-hybridized carbons (Fsp3) is 0.615. The number of nitro groups is 1. The smallest absolute Gasteiger partial charge is 0.363 e. The molecule has 1 aromatic heterocycles. The Bertz CT molecular complexity index is 405. The van der Waals surface area contributed by atoms with Crippen LogP contribution in [0, 0.1) is 16.0 Å². The molecule has 98 valence electrons. The molecule has 1 N–H and O–H groups in total. The molecule has 1 saturated carbocycles. The predicted octanol–water partition coefficient (Wildman–Crippen LogP) is 3.37. The second kappa shape index (κ2) is 5.80. The van der Waals surface area contributed by atoms with Gasteiger partial charge in [0.2, 0.25) is 0 Å². The Kier molecular flexibility index (Phi) is 4.12. The fourth-order valence-electron chi connectivity index (χ4n) is 2.45. The van der Waals surface area contributed by atoms with Crippen molar-refractivity contribution in [2.24, 2.45) is 5.92 Å². The van der Waals surface area contributed by atoms with Gasteiger partial charge < -0.3 is 15.4 Å². The number of rotatable bonds is 3. The third-order valence-corrected chi connectivity index (χ3v) is 3.56. The summed E-state index contributed by atoms with van der Waals surface area (Å²) in [6.07, 6.45) is 7.68. The molecule has 0 saturated heterocycles. The Hall–Kier alpha value is -1.65. The molecule has 2 unspecified atom stereocenters. The highest BCUT2D eigenvalue weighted by molar-refractivity contribution is 5.44. The van der Waals surface area contributed by atoms with E-state index in [1.165, 1.54) is 31.7 Å². The second-order valence-electron chi connectivity index (χ2n) is 5.12. The number of hydrogen-bond donors (Lipinski definition) is 1. The van der Waals surface area contributed by atoms with E-state index >= 15 is 0 Å². The van der Waals surface area contributed by atoms with Gasteiger partial charge >= 0.3 is 5.82 Å². The third-order valence-electron chi connectivity index (χ3n) is 3.56. The SMILES string of the molecule is CC1CCCC(Nc2ccc([N+](=O)[O-])nc2)CC1. The summed E-state index contributed by atoms with van der Waals surface area (Å²) < 4.78 is 0. The molecule has 0 spiro atoms. The van der Waals surface area contributed by atoms with Crippen molar-refractivity contribution in [1.29, 1.82) is 0 Å². The summed E-state index contributed by atoms with van der Waals surface area (Å²) in [6.45, 7) is 2.30. The summed E-state index contributed by atoms with van der Waals surface area (Å²) in [5, 5.41) is 13.9. The van der Waals surface area contributed by atoms with Gasteiger partial charge in [-0.2, -0.15) is 0 Å². The molecule has 1 aromatic rings. The van der Waals surface area contributed by atoms with Gasteiger partial charge in [-0.1, -0.05) is 19.8 Å². The number of aromatic nitrogens is 1. The molecule has 2 rings (SSSR count). The molecule has 0 radical (unpaired) electrons. The molecule has 1 aliphatic carbocycles. The minimum absolute atomic E-state index is 0.102. The molecule has 0 aliphatic heterocycles. The molecule has 0 amide bonds. The molecule has 0 aromatic carbocycles. The quantitative estimate of drug-likeness (QED) is 0.506. The lowest BCUT2D eigenvalue weighted by atomic mass is 10.0. The molecule has 5 heteroatoms. The zero-order valence-electron chi connectivity index (χ0n) is 10.6. The standard InChI is InChI=1S/C13H19N3O2/c1-10-3-2-4-11(6-5-10)15-12-7-8-13(14-9-12)16(17)18/h7-11,15H,2-6H2,1H3. The highest BCUT2D eigenvalue weighted by Gasteiger charge is 2.16. The summed E-state index contributed by atoms with van der Waals surface area (Å²) in [6, 6.07) is 3.65. The highest BCUT2D eigenvalue weighted by Crippen LogP contribution is 2.25. The van der Waals surface area contributed by atoms with E-state index in [2.05, 4.69) is 17.2 Å². The van der Waals surface area contributed by atoms with Crippen LogP contribution in [-0.4, -0.2) is 15.9 Å². The zero-order valence-corrected chi connectivity index (χ0v) is 10.6. The van der Waals surface area contributed by atoms with E-state index in [0.29, 0.717) is 6.04 Å². The Balaban J connectivity index is 1.94. The van der Waals surface area contributed by atoms with E-state index < -0.39 is 4.92 Å². The maximum absolute atomic E-state index is 10.5. The maximum atomic E-state index is 10.5. The van der Waals surface area contributed by atoms with Crippen LogP contribution >= 0.6 is 0 Å². The van der Waals surface area contributed by atoms with Crippen molar-refractivity contribution in [3.05, 3.63) is 28.4 Å². The molecule has 1 heterocycles. The number of nitrogens with one attached hydrogen (secondary N) is 1. The topological polar surface area (TPSA) is 68.1 Å². The van der Waals surface area contributed by atoms with Gasteiger partial charge in [0.1, 0.15) is 0 Å². The molecule has 1 aliphatic rings. The van der Waals surface area contributed by atoms with Gasteiger partial charge in [0, 0.05) is 12.1 Å². The zero-order chi connectivity index (χ0) is 13.0. The molecular formula is C13H19N3O2. The van der Waals surface area contributed by atoms with Crippen molar-refractivity contribution < 1.29 is 4.92 Å². The molecule has 2 atom stereocenters. The Morgan fingerprint density at radius 3 is 2.83 bits per heavy atom. The summed E-state index contributed by atoms with van der Waals surface area (Å²) in [4.78, 5) is 13.9. The van der Waals surface area contributed by atoms with E-state index in [1.54, 1.807) is 12.3 Å². The van der Waals surface area contributed by atoms with Crippen LogP contribution in [0.25, 0.3) is 0 Å². The maximum Gasteiger partial charge on any atom is 0.363 e. The lowest BCUT2D eigenvalue weighted by Crippen LogP contribution is -2.18. The van der Waals surface area contributed by atoms with Crippen LogP contribution in [0.2, 0.25) is 0 Å². The van der Waals surface area contributed by atoms with Crippen LogP contribution in [0.3, 0.4) is 0 Å². The average molecular weight is 249 g/mol. The van der Waals surface area contributed by atoms with Gasteiger partial charge in [0.15, 0.2) is 6.20 Å². The van der Waals surface area contributed by atoms with Gasteiger partial charge in [-0.15, -0.1) is 0 Å². The largest absolute Gasteiger partial charge is 0.379 e. The highest BCUT2D eigenvalue weighted by atomic mass is 16.6. The van der Waals surface area contributed by atoms with Gasteiger partial charge in [0.25, 0.3) is 0 Å². The van der Waals surface area contributed by atoms with E-state index in [0.717, 1.165) is 18.0 Å². The summed E-state index contributed by atoms with van der Waals surface area (Å²) in [5.41, 5.74) is 0.875. The van der Waals surface area contributed by atoms with Crippen LogP contribution in [0.5, 0.6) is 0 Å². The number of anilines is 1. The van der Waals surface area contributed by atoms with Crippen molar-refractivity contribution in [2.45, 2.75) is 45.1 Å². The van der Waals surface area contributed by atoms with Crippen LogP contribution in [0.1, 0.15) is 39.0 Å². The lowest BCUT2D eigenvalue weighted by molar-refractivity contribution is -0.389. The van der Waals surface area contributed by atoms with Gasteiger partial charge in [-0.3, -0.25) is 0 Å². The van der Waals surface area contributed by atoms with E-state index in [1.807, 2.05) is 0 Å². The van der Waals surface area contributed by atoms with Crippen molar-refractivity contribution in [3.63, 3.8) is 0 Å². The number of pyridine rings is 1. The first kappa shape index (κ1) is 12.8. The Morgan fingerprint density at radius 1 is 1.33 bits per heavy atom. The Labute approximate surface area is 107 Å². The van der Waals surface area contributed by atoms with Crippen LogP contribution in [0.4, 0.5) is 11.5 Å². The van der Waals surface area contributed by atoms with Crippen molar-refractivity contribution in [3.8, 4) is 0 Å². The number of hydrogen-bond acceptors (Lipinski definition) is 4. The van der Waals surface area contributed by atoms with Crippen molar-refractivity contribution in [1.82, 2.24) is 4.98 Å². The van der Waals surface area contributed by atoms with Crippen molar-refractivity contribution in [2.75, 3.05) is 5.32 Å².